The number of carbonyl (C=O) groups excluding carboxylic acids is 1. The van der Waals surface area contributed by atoms with Crippen molar-refractivity contribution in [2.75, 3.05) is 27.3 Å². The molecular weight excluding hydrogens is 226 g/mol. The Kier molecular flexibility index (Phi) is 3.99. The second kappa shape index (κ2) is 5.50. The number of benzene rings is 1. The van der Waals surface area contributed by atoms with Crippen LogP contribution in [0.3, 0.4) is 0 Å². The largest absolute Gasteiger partial charge is 0.327 e. The Balaban J connectivity index is 2.02. The highest BCUT2D eigenvalue weighted by Crippen LogP contribution is 2.20. The molecule has 0 saturated carbocycles. The summed E-state index contributed by atoms with van der Waals surface area (Å²) in [6.07, 6.45) is 0. The third-order valence-corrected chi connectivity index (χ3v) is 3.54. The molecule has 1 aromatic carbocycles. The van der Waals surface area contributed by atoms with Gasteiger partial charge < -0.3 is 9.80 Å². The van der Waals surface area contributed by atoms with Crippen molar-refractivity contribution in [1.82, 2.24) is 15.1 Å². The lowest BCUT2D eigenvalue weighted by Gasteiger charge is -2.25. The highest BCUT2D eigenvalue weighted by atomic mass is 16.2. The molecule has 0 spiro atoms. The summed E-state index contributed by atoms with van der Waals surface area (Å²) in [5, 5.41) is 3.27. The first kappa shape index (κ1) is 13.1. The van der Waals surface area contributed by atoms with E-state index in [-0.39, 0.29) is 11.9 Å². The van der Waals surface area contributed by atoms with E-state index in [2.05, 4.69) is 17.1 Å². The maximum Gasteiger partial charge on any atom is 0.245 e. The maximum atomic E-state index is 12.3. The van der Waals surface area contributed by atoms with Crippen LogP contribution < -0.4 is 5.32 Å². The fourth-order valence-corrected chi connectivity index (χ4v) is 2.09. The number of nitrogens with one attached hydrogen (secondary N) is 1. The van der Waals surface area contributed by atoms with Crippen molar-refractivity contribution in [1.29, 1.82) is 0 Å². The van der Waals surface area contributed by atoms with Gasteiger partial charge in [-0.2, -0.15) is 0 Å². The van der Waals surface area contributed by atoms with E-state index in [0.29, 0.717) is 12.7 Å². The molecular formula is C14H21N3O. The predicted molar refractivity (Wildman–Crippen MR) is 72.0 cm³/mol. The Morgan fingerprint density at radius 1 is 1.39 bits per heavy atom. The van der Waals surface area contributed by atoms with Crippen molar-refractivity contribution in [3.8, 4) is 0 Å². The molecule has 1 aliphatic rings. The van der Waals surface area contributed by atoms with Gasteiger partial charge in [0.25, 0.3) is 0 Å². The molecule has 1 saturated heterocycles. The molecule has 2 rings (SSSR count). The lowest BCUT2D eigenvalue weighted by atomic mass is 10.1. The minimum absolute atomic E-state index is 0.176. The van der Waals surface area contributed by atoms with Crippen LogP contribution in [0.4, 0.5) is 0 Å². The average Bonchev–Trinajstić information content (AvgIpc) is 2.72. The van der Waals surface area contributed by atoms with Gasteiger partial charge in [0.05, 0.1) is 6.67 Å². The molecule has 0 radical (unpaired) electrons. The molecule has 98 valence electrons. The topological polar surface area (TPSA) is 35.6 Å². The molecule has 2 unspecified atom stereocenters. The first-order valence-corrected chi connectivity index (χ1v) is 6.33. The van der Waals surface area contributed by atoms with Crippen LogP contribution in [0.15, 0.2) is 30.3 Å². The van der Waals surface area contributed by atoms with Crippen LogP contribution in [0.5, 0.6) is 0 Å². The third-order valence-electron chi connectivity index (χ3n) is 3.54. The summed E-state index contributed by atoms with van der Waals surface area (Å²) < 4.78 is 0. The number of hydrogen-bond donors (Lipinski definition) is 1. The van der Waals surface area contributed by atoms with Gasteiger partial charge in [-0.15, -0.1) is 0 Å². The minimum Gasteiger partial charge on any atom is -0.327 e. The summed E-state index contributed by atoms with van der Waals surface area (Å²) in [4.78, 5) is 16.3. The molecule has 1 N–H and O–H groups in total. The summed E-state index contributed by atoms with van der Waals surface area (Å²) in [6.45, 7) is 3.53. The van der Waals surface area contributed by atoms with Gasteiger partial charge in [-0.1, -0.05) is 30.3 Å². The third kappa shape index (κ3) is 2.71. The van der Waals surface area contributed by atoms with Crippen LogP contribution in [0.1, 0.15) is 18.5 Å². The van der Waals surface area contributed by atoms with E-state index in [0.717, 1.165) is 12.1 Å². The zero-order valence-corrected chi connectivity index (χ0v) is 11.3. The van der Waals surface area contributed by atoms with Crippen molar-refractivity contribution < 1.29 is 4.79 Å². The molecule has 4 heteroatoms. The molecule has 0 aliphatic carbocycles. The zero-order chi connectivity index (χ0) is 13.1. The van der Waals surface area contributed by atoms with Crippen LogP contribution in [0, 0.1) is 0 Å². The molecule has 18 heavy (non-hydrogen) atoms. The van der Waals surface area contributed by atoms with Gasteiger partial charge in [0.1, 0.15) is 6.04 Å². The number of rotatable bonds is 4. The maximum absolute atomic E-state index is 12.3. The van der Waals surface area contributed by atoms with Gasteiger partial charge in [-0.05, 0) is 26.6 Å². The fraction of sp³-hybridized carbons (Fsp3) is 0.500. The van der Waals surface area contributed by atoms with E-state index in [1.165, 1.54) is 0 Å². The van der Waals surface area contributed by atoms with E-state index < -0.39 is 0 Å². The Hall–Kier alpha value is -1.39. The smallest absolute Gasteiger partial charge is 0.245 e. The molecule has 2 atom stereocenters. The summed E-state index contributed by atoms with van der Waals surface area (Å²) in [6, 6.07) is 10.1. The van der Waals surface area contributed by atoms with Gasteiger partial charge in [-0.3, -0.25) is 10.1 Å². The summed E-state index contributed by atoms with van der Waals surface area (Å²) in [7, 11) is 4.07. The minimum atomic E-state index is -0.180. The number of carbonyl (C=O) groups is 1. The Morgan fingerprint density at radius 3 is 2.67 bits per heavy atom. The molecule has 1 aromatic rings. The second-order valence-electron chi connectivity index (χ2n) is 5.08. The average molecular weight is 247 g/mol. The normalized spacial score (nSPS) is 21.7. The van der Waals surface area contributed by atoms with Crippen molar-refractivity contribution >= 4 is 5.91 Å². The lowest BCUT2D eigenvalue weighted by molar-refractivity contribution is -0.129. The van der Waals surface area contributed by atoms with Gasteiger partial charge >= 0.3 is 0 Å². The fourth-order valence-electron chi connectivity index (χ4n) is 2.09. The molecule has 0 aromatic heterocycles. The van der Waals surface area contributed by atoms with Gasteiger partial charge in [-0.25, -0.2) is 0 Å². The second-order valence-corrected chi connectivity index (χ2v) is 5.08. The molecule has 1 fully saturated rings. The highest BCUT2D eigenvalue weighted by Gasteiger charge is 2.32. The first-order valence-electron chi connectivity index (χ1n) is 6.33. The van der Waals surface area contributed by atoms with Crippen LogP contribution in [-0.4, -0.2) is 49.1 Å². The van der Waals surface area contributed by atoms with Crippen molar-refractivity contribution in [3.63, 3.8) is 0 Å². The molecule has 1 heterocycles. The molecule has 1 aliphatic heterocycles. The predicted octanol–water partition coefficient (Wildman–Crippen LogP) is 1.07. The standard InChI is InChI=1S/C14H21N3O/c1-11(16(2)3)9-17-10-15-13(14(17)18)12-7-5-4-6-8-12/h4-8,11,13,15H,9-10H2,1-3H3. The lowest BCUT2D eigenvalue weighted by Crippen LogP contribution is -2.39. The monoisotopic (exact) mass is 247 g/mol. The Bertz CT molecular complexity index is 405. The van der Waals surface area contributed by atoms with Crippen LogP contribution in [0.2, 0.25) is 0 Å². The van der Waals surface area contributed by atoms with Crippen molar-refractivity contribution in [3.05, 3.63) is 35.9 Å². The van der Waals surface area contributed by atoms with Gasteiger partial charge in [0.2, 0.25) is 5.91 Å². The van der Waals surface area contributed by atoms with Crippen LogP contribution >= 0.6 is 0 Å². The quantitative estimate of drug-likeness (QED) is 0.864. The summed E-state index contributed by atoms with van der Waals surface area (Å²) in [5.74, 6) is 0.176. The highest BCUT2D eigenvalue weighted by molar-refractivity contribution is 5.85. The molecule has 4 nitrogen and oxygen atoms in total. The molecule has 0 bridgehead atoms. The zero-order valence-electron chi connectivity index (χ0n) is 11.3. The summed E-state index contributed by atoms with van der Waals surface area (Å²) >= 11 is 0. The van der Waals surface area contributed by atoms with E-state index in [1.807, 2.05) is 49.3 Å². The van der Waals surface area contributed by atoms with E-state index in [4.69, 9.17) is 0 Å². The number of hydrogen-bond acceptors (Lipinski definition) is 3. The summed E-state index contributed by atoms with van der Waals surface area (Å²) in [5.41, 5.74) is 1.04. The van der Waals surface area contributed by atoms with E-state index in [9.17, 15) is 4.79 Å². The van der Waals surface area contributed by atoms with Gasteiger partial charge in [0.15, 0.2) is 0 Å². The Morgan fingerprint density at radius 2 is 2.06 bits per heavy atom. The number of amides is 1. The SMILES string of the molecule is CC(CN1CNC(c2ccccc2)C1=O)N(C)C. The Labute approximate surface area is 109 Å². The van der Waals surface area contributed by atoms with Gasteiger partial charge in [0, 0.05) is 12.6 Å². The van der Waals surface area contributed by atoms with E-state index in [1.54, 1.807) is 0 Å². The van der Waals surface area contributed by atoms with Crippen molar-refractivity contribution in [2.45, 2.75) is 19.0 Å². The number of nitrogens with zero attached hydrogens (tertiary/aromatic N) is 2. The van der Waals surface area contributed by atoms with Crippen molar-refractivity contribution in [2.24, 2.45) is 0 Å². The first-order chi connectivity index (χ1) is 8.59. The van der Waals surface area contributed by atoms with Crippen LogP contribution in [0.25, 0.3) is 0 Å². The number of likely N-dealkylation sites (N-methyl/N-ethyl adjacent to an activating group) is 1. The molecule has 1 amide bonds. The van der Waals surface area contributed by atoms with E-state index >= 15 is 0 Å². The van der Waals surface area contributed by atoms with Crippen LogP contribution in [-0.2, 0) is 4.79 Å².